The van der Waals surface area contributed by atoms with Gasteiger partial charge in [-0.15, -0.1) is 0 Å². The van der Waals surface area contributed by atoms with Crippen molar-refractivity contribution in [2.45, 2.75) is 20.0 Å². The Kier molecular flexibility index (Phi) is 7.91. The van der Waals surface area contributed by atoms with Crippen molar-refractivity contribution >= 4 is 17.1 Å². The minimum absolute atomic E-state index is 0.270. The molecule has 0 heterocycles. The van der Waals surface area contributed by atoms with E-state index in [1.165, 1.54) is 6.92 Å². The first-order chi connectivity index (χ1) is 16.7. The molecule has 0 fully saturated rings. The smallest absolute Gasteiger partial charge is 0.302 e. The summed E-state index contributed by atoms with van der Waals surface area (Å²) < 4.78 is 11.3. The molecule has 0 aliphatic carbocycles. The summed E-state index contributed by atoms with van der Waals surface area (Å²) in [5, 5.41) is 0. The van der Waals surface area contributed by atoms with Crippen LogP contribution in [0, 0.1) is 0 Å². The lowest BCUT2D eigenvalue weighted by atomic mass is 9.88. The van der Waals surface area contributed by atoms with Gasteiger partial charge in [-0.1, -0.05) is 103 Å². The average Bonchev–Trinajstić information content (AvgIpc) is 2.89. The first-order valence-electron chi connectivity index (χ1n) is 11.5. The fraction of sp³-hybridized carbons (Fsp3) is 0.129. The Bertz CT molecular complexity index is 1210. The van der Waals surface area contributed by atoms with Crippen LogP contribution in [0.2, 0.25) is 0 Å². The zero-order valence-corrected chi connectivity index (χ0v) is 19.3. The van der Waals surface area contributed by atoms with E-state index in [1.54, 1.807) is 0 Å². The predicted molar refractivity (Wildman–Crippen MR) is 137 cm³/mol. The van der Waals surface area contributed by atoms with E-state index in [1.807, 2.05) is 66.7 Å². The van der Waals surface area contributed by atoms with Crippen molar-refractivity contribution in [3.8, 4) is 5.75 Å². The van der Waals surface area contributed by atoms with Crippen LogP contribution in [0.3, 0.4) is 0 Å². The topological polar surface area (TPSA) is 35.5 Å². The van der Waals surface area contributed by atoms with Gasteiger partial charge in [0.25, 0.3) is 0 Å². The SMILES string of the molecule is CC(=O)OCC/C(=C(/c1ccccc1)c1ccc(OCc2ccccc2)cc1)c1ccccc1. The van der Waals surface area contributed by atoms with Crippen LogP contribution in [0.1, 0.15) is 35.6 Å². The Balaban J connectivity index is 1.70. The van der Waals surface area contributed by atoms with Gasteiger partial charge in [-0.25, -0.2) is 0 Å². The molecule has 0 atom stereocenters. The summed E-state index contributed by atoms with van der Waals surface area (Å²) in [6.45, 7) is 2.30. The lowest BCUT2D eigenvalue weighted by Gasteiger charge is -2.18. The summed E-state index contributed by atoms with van der Waals surface area (Å²) in [5.41, 5.74) is 6.69. The van der Waals surface area contributed by atoms with E-state index in [2.05, 4.69) is 48.5 Å². The number of hydrogen-bond acceptors (Lipinski definition) is 3. The van der Waals surface area contributed by atoms with E-state index in [0.717, 1.165) is 39.1 Å². The van der Waals surface area contributed by atoms with E-state index in [9.17, 15) is 4.79 Å². The third-order valence-corrected chi connectivity index (χ3v) is 5.54. The summed E-state index contributed by atoms with van der Waals surface area (Å²) in [6, 6.07) is 39.0. The van der Waals surface area contributed by atoms with Crippen LogP contribution in [0.15, 0.2) is 115 Å². The standard InChI is InChI=1S/C31H28O3/c1-24(32)33-22-21-30(26-13-7-3-8-14-26)31(27-15-9-4-10-16-27)28-17-19-29(20-18-28)34-23-25-11-5-2-6-12-25/h2-20H,21-23H2,1H3/b31-30+. The van der Waals surface area contributed by atoms with Gasteiger partial charge in [0.1, 0.15) is 12.4 Å². The molecule has 0 unspecified atom stereocenters. The zero-order valence-electron chi connectivity index (χ0n) is 19.3. The summed E-state index contributed by atoms with van der Waals surface area (Å²) >= 11 is 0. The Labute approximate surface area is 201 Å². The predicted octanol–water partition coefficient (Wildman–Crippen LogP) is 7.18. The minimum Gasteiger partial charge on any atom is -0.489 e. The highest BCUT2D eigenvalue weighted by Gasteiger charge is 2.15. The second-order valence-corrected chi connectivity index (χ2v) is 7.97. The van der Waals surface area contributed by atoms with Crippen LogP contribution < -0.4 is 4.74 Å². The van der Waals surface area contributed by atoms with Crippen molar-refractivity contribution in [2.24, 2.45) is 0 Å². The molecule has 0 N–H and O–H groups in total. The van der Waals surface area contributed by atoms with Crippen LogP contribution in [-0.4, -0.2) is 12.6 Å². The minimum atomic E-state index is -0.270. The number of esters is 1. The Morgan fingerprint density at radius 3 is 1.76 bits per heavy atom. The lowest BCUT2D eigenvalue weighted by Crippen LogP contribution is -2.04. The molecule has 0 saturated heterocycles. The molecule has 0 amide bonds. The highest BCUT2D eigenvalue weighted by molar-refractivity contribution is 5.98. The molecule has 3 nitrogen and oxygen atoms in total. The Morgan fingerprint density at radius 2 is 1.18 bits per heavy atom. The van der Waals surface area contributed by atoms with Crippen LogP contribution in [0.4, 0.5) is 0 Å². The number of rotatable bonds is 9. The van der Waals surface area contributed by atoms with E-state index < -0.39 is 0 Å². The molecule has 4 aromatic carbocycles. The van der Waals surface area contributed by atoms with E-state index in [-0.39, 0.29) is 5.97 Å². The van der Waals surface area contributed by atoms with Gasteiger partial charge >= 0.3 is 5.97 Å². The quantitative estimate of drug-likeness (QED) is 0.201. The molecular weight excluding hydrogens is 420 g/mol. The summed E-state index contributed by atoms with van der Waals surface area (Å²) in [7, 11) is 0. The summed E-state index contributed by atoms with van der Waals surface area (Å²) in [6.07, 6.45) is 0.611. The van der Waals surface area contributed by atoms with Crippen LogP contribution in [0.25, 0.3) is 11.1 Å². The van der Waals surface area contributed by atoms with Crippen molar-refractivity contribution < 1.29 is 14.3 Å². The molecule has 0 spiro atoms. The first kappa shape index (κ1) is 23.1. The lowest BCUT2D eigenvalue weighted by molar-refractivity contribution is -0.140. The van der Waals surface area contributed by atoms with Gasteiger partial charge in [0, 0.05) is 13.3 Å². The highest BCUT2D eigenvalue weighted by atomic mass is 16.5. The molecule has 0 aliphatic rings. The van der Waals surface area contributed by atoms with Crippen LogP contribution in [-0.2, 0) is 16.1 Å². The van der Waals surface area contributed by atoms with E-state index >= 15 is 0 Å². The van der Waals surface area contributed by atoms with Gasteiger partial charge in [-0.2, -0.15) is 0 Å². The molecule has 0 radical (unpaired) electrons. The molecule has 0 aliphatic heterocycles. The molecule has 0 saturated carbocycles. The number of carbonyl (C=O) groups is 1. The van der Waals surface area contributed by atoms with Gasteiger partial charge in [-0.05, 0) is 45.5 Å². The maximum Gasteiger partial charge on any atom is 0.302 e. The fourth-order valence-electron chi connectivity index (χ4n) is 3.93. The van der Waals surface area contributed by atoms with Crippen molar-refractivity contribution in [3.63, 3.8) is 0 Å². The maximum atomic E-state index is 11.4. The fourth-order valence-corrected chi connectivity index (χ4v) is 3.93. The molecule has 34 heavy (non-hydrogen) atoms. The molecule has 3 heteroatoms. The van der Waals surface area contributed by atoms with Crippen molar-refractivity contribution in [3.05, 3.63) is 138 Å². The Morgan fingerprint density at radius 1 is 0.647 bits per heavy atom. The summed E-state index contributed by atoms with van der Waals surface area (Å²) in [4.78, 5) is 11.4. The number of ether oxygens (including phenoxy) is 2. The van der Waals surface area contributed by atoms with Crippen molar-refractivity contribution in [1.82, 2.24) is 0 Å². The third-order valence-electron chi connectivity index (χ3n) is 5.54. The maximum absolute atomic E-state index is 11.4. The molecule has 4 aromatic rings. The normalized spacial score (nSPS) is 11.4. The molecular formula is C31H28O3. The second kappa shape index (κ2) is 11.7. The van der Waals surface area contributed by atoms with Crippen LogP contribution >= 0.6 is 0 Å². The van der Waals surface area contributed by atoms with Crippen molar-refractivity contribution in [2.75, 3.05) is 6.61 Å². The van der Waals surface area contributed by atoms with Gasteiger partial charge in [0.05, 0.1) is 6.61 Å². The molecule has 4 rings (SSSR count). The van der Waals surface area contributed by atoms with E-state index in [4.69, 9.17) is 9.47 Å². The summed E-state index contributed by atoms with van der Waals surface area (Å²) in [5.74, 6) is 0.551. The van der Waals surface area contributed by atoms with Gasteiger partial charge in [0.15, 0.2) is 0 Å². The number of hydrogen-bond donors (Lipinski definition) is 0. The van der Waals surface area contributed by atoms with Crippen LogP contribution in [0.5, 0.6) is 5.75 Å². The van der Waals surface area contributed by atoms with E-state index in [0.29, 0.717) is 19.6 Å². The highest BCUT2D eigenvalue weighted by Crippen LogP contribution is 2.35. The number of benzene rings is 4. The van der Waals surface area contributed by atoms with Gasteiger partial charge in [-0.3, -0.25) is 4.79 Å². The van der Waals surface area contributed by atoms with Gasteiger partial charge in [0.2, 0.25) is 0 Å². The molecule has 0 bridgehead atoms. The van der Waals surface area contributed by atoms with Gasteiger partial charge < -0.3 is 9.47 Å². The monoisotopic (exact) mass is 448 g/mol. The molecule has 0 aromatic heterocycles. The third kappa shape index (κ3) is 6.23. The van der Waals surface area contributed by atoms with Crippen molar-refractivity contribution in [1.29, 1.82) is 0 Å². The molecule has 170 valence electrons. The zero-order chi connectivity index (χ0) is 23.6. The largest absolute Gasteiger partial charge is 0.489 e. The number of carbonyl (C=O) groups excluding carboxylic acids is 1. The second-order valence-electron chi connectivity index (χ2n) is 7.97. The first-order valence-corrected chi connectivity index (χ1v) is 11.5. The Hall–Kier alpha value is -4.11. The average molecular weight is 449 g/mol.